The maximum atomic E-state index is 12.9. The van der Waals surface area contributed by atoms with Crippen LogP contribution in [0.25, 0.3) is 22.4 Å². The molecule has 0 aliphatic carbocycles. The Morgan fingerprint density at radius 2 is 1.95 bits per heavy atom. The summed E-state index contributed by atoms with van der Waals surface area (Å²) in [6.45, 7) is 7.57. The van der Waals surface area contributed by atoms with Gasteiger partial charge in [-0.2, -0.15) is 0 Å². The number of methoxy groups -OCH3 is 1. The van der Waals surface area contributed by atoms with E-state index < -0.39 is 6.04 Å². The molecule has 10 nitrogen and oxygen atoms in total. The SMILES string of the molecule is CO[C@H](C)[C@H](NCc1ccc2c(c1)nc(-c1cc(C)c(=O)n(C)c1)n2CC1CCOCC1)C(=O)OC1CCOC1. The van der Waals surface area contributed by atoms with Crippen LogP contribution >= 0.6 is 0 Å². The summed E-state index contributed by atoms with van der Waals surface area (Å²) in [7, 11) is 3.36. The van der Waals surface area contributed by atoms with Gasteiger partial charge in [0, 0.05) is 64.2 Å². The van der Waals surface area contributed by atoms with Gasteiger partial charge >= 0.3 is 5.97 Å². The molecule has 40 heavy (non-hydrogen) atoms. The average molecular weight is 553 g/mol. The standard InChI is InChI=1S/C30H40N4O6/c1-19-13-23(17-33(3)29(19)35)28-32-25-14-22(5-6-26(25)34(28)16-21-7-10-38-11-8-21)15-31-27(20(2)37-4)30(36)40-24-9-12-39-18-24/h5-6,13-14,17,20-21,24,27,31H,7-12,15-16,18H2,1-4H3/t20-,24?,27+/m1/s1. The van der Waals surface area contributed by atoms with E-state index in [0.29, 0.717) is 37.7 Å². The lowest BCUT2D eigenvalue weighted by Crippen LogP contribution is -2.47. The van der Waals surface area contributed by atoms with E-state index in [0.717, 1.165) is 60.6 Å². The van der Waals surface area contributed by atoms with Gasteiger partial charge in [0.25, 0.3) is 5.56 Å². The van der Waals surface area contributed by atoms with Gasteiger partial charge in [-0.1, -0.05) is 6.07 Å². The van der Waals surface area contributed by atoms with Crippen LogP contribution in [0.3, 0.4) is 0 Å². The first kappa shape index (κ1) is 28.5. The Morgan fingerprint density at radius 3 is 2.65 bits per heavy atom. The lowest BCUT2D eigenvalue weighted by atomic mass is 10.00. The van der Waals surface area contributed by atoms with Crippen LogP contribution in [-0.2, 0) is 43.9 Å². The number of esters is 1. The molecule has 1 N–H and O–H groups in total. The van der Waals surface area contributed by atoms with Gasteiger partial charge in [0.05, 0.1) is 30.4 Å². The van der Waals surface area contributed by atoms with Gasteiger partial charge in [-0.05, 0) is 56.4 Å². The predicted octanol–water partition coefficient (Wildman–Crippen LogP) is 2.96. The van der Waals surface area contributed by atoms with Gasteiger partial charge in [0.2, 0.25) is 0 Å². The number of aromatic nitrogens is 3. The molecule has 2 aliphatic rings. The summed E-state index contributed by atoms with van der Waals surface area (Å²) < 4.78 is 26.0. The molecule has 2 fully saturated rings. The smallest absolute Gasteiger partial charge is 0.326 e. The van der Waals surface area contributed by atoms with Crippen molar-refractivity contribution in [3.63, 3.8) is 0 Å². The van der Waals surface area contributed by atoms with Crippen LogP contribution in [0.2, 0.25) is 0 Å². The second kappa shape index (κ2) is 12.6. The number of nitrogens with one attached hydrogen (secondary N) is 1. The molecule has 1 aromatic carbocycles. The first-order valence-electron chi connectivity index (χ1n) is 14.1. The van der Waals surface area contributed by atoms with Gasteiger partial charge in [0.15, 0.2) is 0 Å². The van der Waals surface area contributed by atoms with Crippen molar-refractivity contribution in [3.05, 3.63) is 51.9 Å². The molecule has 3 atom stereocenters. The molecule has 0 bridgehead atoms. The van der Waals surface area contributed by atoms with Crippen LogP contribution in [0.15, 0.2) is 35.3 Å². The van der Waals surface area contributed by atoms with E-state index in [-0.39, 0.29) is 23.7 Å². The van der Waals surface area contributed by atoms with Crippen molar-refractivity contribution in [1.29, 1.82) is 0 Å². The normalized spacial score (nSPS) is 19.6. The molecule has 0 spiro atoms. The van der Waals surface area contributed by atoms with Crippen LogP contribution in [0.5, 0.6) is 0 Å². The summed E-state index contributed by atoms with van der Waals surface area (Å²) in [5, 5.41) is 3.34. The van der Waals surface area contributed by atoms with Gasteiger partial charge in [-0.15, -0.1) is 0 Å². The number of carbonyl (C=O) groups excluding carboxylic acids is 1. The second-order valence-corrected chi connectivity index (χ2v) is 11.0. The third kappa shape index (κ3) is 6.30. The highest BCUT2D eigenvalue weighted by atomic mass is 16.6. The van der Waals surface area contributed by atoms with E-state index in [1.807, 2.05) is 26.1 Å². The van der Waals surface area contributed by atoms with E-state index in [4.69, 9.17) is 23.9 Å². The third-order valence-electron chi connectivity index (χ3n) is 8.01. The molecule has 0 saturated carbocycles. The number of hydrogen-bond donors (Lipinski definition) is 1. The third-order valence-corrected chi connectivity index (χ3v) is 8.01. The van der Waals surface area contributed by atoms with Crippen LogP contribution in [0.4, 0.5) is 0 Å². The minimum atomic E-state index is -0.614. The van der Waals surface area contributed by atoms with Gasteiger partial charge in [-0.25, -0.2) is 4.98 Å². The maximum Gasteiger partial charge on any atom is 0.326 e. The van der Waals surface area contributed by atoms with Crippen molar-refractivity contribution in [2.75, 3.05) is 33.5 Å². The predicted molar refractivity (Wildman–Crippen MR) is 151 cm³/mol. The number of benzene rings is 1. The fraction of sp³-hybridized carbons (Fsp3) is 0.567. The maximum absolute atomic E-state index is 12.9. The highest BCUT2D eigenvalue weighted by Crippen LogP contribution is 2.29. The Bertz CT molecular complexity index is 1360. The van der Waals surface area contributed by atoms with E-state index >= 15 is 0 Å². The minimum absolute atomic E-state index is 0.0111. The molecular formula is C30H40N4O6. The number of imidazole rings is 1. The quantitative estimate of drug-likeness (QED) is 0.383. The summed E-state index contributed by atoms with van der Waals surface area (Å²) in [5.41, 5.74) is 4.49. The summed E-state index contributed by atoms with van der Waals surface area (Å²) in [6, 6.07) is 7.53. The number of hydrogen-bond acceptors (Lipinski definition) is 8. The van der Waals surface area contributed by atoms with Gasteiger partial charge in [0.1, 0.15) is 18.0 Å². The molecule has 2 aromatic heterocycles. The van der Waals surface area contributed by atoms with Crippen LogP contribution < -0.4 is 10.9 Å². The summed E-state index contributed by atoms with van der Waals surface area (Å²) in [5.74, 6) is 1.00. The lowest BCUT2D eigenvalue weighted by molar-refractivity contribution is -0.155. The second-order valence-electron chi connectivity index (χ2n) is 11.0. The molecular weight excluding hydrogens is 512 g/mol. The highest BCUT2D eigenvalue weighted by Gasteiger charge is 2.30. The van der Waals surface area contributed by atoms with Crippen molar-refractivity contribution in [2.24, 2.45) is 13.0 Å². The zero-order valence-electron chi connectivity index (χ0n) is 23.9. The van der Waals surface area contributed by atoms with Gasteiger partial charge < -0.3 is 28.1 Å². The molecule has 4 heterocycles. The highest BCUT2D eigenvalue weighted by molar-refractivity contribution is 5.81. The molecule has 10 heteroatoms. The van der Waals surface area contributed by atoms with E-state index in [9.17, 15) is 9.59 Å². The number of ether oxygens (including phenoxy) is 4. The van der Waals surface area contributed by atoms with Crippen molar-refractivity contribution in [1.82, 2.24) is 19.4 Å². The Labute approximate surface area is 234 Å². The van der Waals surface area contributed by atoms with Crippen molar-refractivity contribution in [3.8, 4) is 11.4 Å². The van der Waals surface area contributed by atoms with E-state index in [2.05, 4.69) is 28.1 Å². The first-order chi connectivity index (χ1) is 19.3. The number of aryl methyl sites for hydroxylation is 2. The topological polar surface area (TPSA) is 106 Å². The molecule has 2 saturated heterocycles. The summed E-state index contributed by atoms with van der Waals surface area (Å²) in [4.78, 5) is 30.4. The Hall–Kier alpha value is -3.05. The monoisotopic (exact) mass is 552 g/mol. The van der Waals surface area contributed by atoms with E-state index in [1.54, 1.807) is 18.7 Å². The summed E-state index contributed by atoms with van der Waals surface area (Å²) in [6.07, 6.45) is 4.01. The number of rotatable bonds is 10. The largest absolute Gasteiger partial charge is 0.459 e. The molecule has 0 amide bonds. The fourth-order valence-electron chi connectivity index (χ4n) is 5.53. The average Bonchev–Trinajstić information content (AvgIpc) is 3.59. The molecule has 0 radical (unpaired) electrons. The lowest BCUT2D eigenvalue weighted by Gasteiger charge is -2.24. The number of nitrogens with zero attached hydrogens (tertiary/aromatic N) is 3. The fourth-order valence-corrected chi connectivity index (χ4v) is 5.53. The van der Waals surface area contributed by atoms with Crippen molar-refractivity contribution in [2.45, 2.75) is 64.4 Å². The molecule has 5 rings (SSSR count). The molecule has 216 valence electrons. The zero-order valence-corrected chi connectivity index (χ0v) is 23.9. The first-order valence-corrected chi connectivity index (χ1v) is 14.1. The number of carbonyl (C=O) groups is 1. The molecule has 3 aromatic rings. The Balaban J connectivity index is 1.42. The minimum Gasteiger partial charge on any atom is -0.459 e. The van der Waals surface area contributed by atoms with Gasteiger partial charge in [-0.3, -0.25) is 14.9 Å². The molecule has 2 aliphatic heterocycles. The van der Waals surface area contributed by atoms with E-state index in [1.165, 1.54) is 0 Å². The van der Waals surface area contributed by atoms with Crippen LogP contribution in [-0.4, -0.2) is 71.9 Å². The number of pyridine rings is 1. The summed E-state index contributed by atoms with van der Waals surface area (Å²) >= 11 is 0. The van der Waals surface area contributed by atoms with Crippen LogP contribution in [0.1, 0.15) is 37.3 Å². The zero-order chi connectivity index (χ0) is 28.2. The number of fused-ring (bicyclic) bond motifs is 1. The Kier molecular flexibility index (Phi) is 9.00. The van der Waals surface area contributed by atoms with Crippen molar-refractivity contribution >= 4 is 17.0 Å². The molecule has 1 unspecified atom stereocenters. The Morgan fingerprint density at radius 1 is 1.18 bits per heavy atom. The van der Waals surface area contributed by atoms with Crippen molar-refractivity contribution < 1.29 is 23.7 Å². The van der Waals surface area contributed by atoms with Crippen LogP contribution in [0, 0.1) is 12.8 Å².